The molecule has 1 fully saturated rings. The fourth-order valence-electron chi connectivity index (χ4n) is 5.13. The molecule has 2 aromatic carbocycles. The van der Waals surface area contributed by atoms with Gasteiger partial charge in [0.1, 0.15) is 17.2 Å². The van der Waals surface area contributed by atoms with Crippen LogP contribution in [0.3, 0.4) is 0 Å². The molecular formula is C27H29F3N4O4. The number of rotatable bonds is 5. The number of β-amino-alcohol motifs (C(OH)–C–C–N with tert-alkyl or cyclic N) is 1. The topological polar surface area (TPSA) is 88.8 Å². The summed E-state index contributed by atoms with van der Waals surface area (Å²) in [4.78, 5) is 15.5. The van der Waals surface area contributed by atoms with Crippen molar-refractivity contribution in [2.24, 2.45) is 0 Å². The van der Waals surface area contributed by atoms with Crippen LogP contribution in [0.4, 0.5) is 24.5 Å². The van der Waals surface area contributed by atoms with Crippen molar-refractivity contribution in [3.63, 3.8) is 0 Å². The second-order valence-corrected chi connectivity index (χ2v) is 10.3. The standard InChI is InChI=1S/C27H29F3N4O4/c1-26(2)13-20-23(15-9-18(37-3)12-19(10-15)38-4)32-34(25(36)24(20)31-26)22-11-16(33-8-7-17(35)14-33)5-6-21(22)27(28,29)30/h5-6,9-12,17,31,35H,7-8,13-14H2,1-4H3/t17-/m0/s1. The van der Waals surface area contributed by atoms with E-state index in [9.17, 15) is 23.1 Å². The first-order valence-electron chi connectivity index (χ1n) is 12.2. The normalized spacial score (nSPS) is 18.3. The quantitative estimate of drug-likeness (QED) is 0.510. The van der Waals surface area contributed by atoms with Crippen molar-refractivity contribution in [3.05, 3.63) is 57.9 Å². The van der Waals surface area contributed by atoms with Gasteiger partial charge in [0.05, 0.1) is 37.3 Å². The molecule has 0 spiro atoms. The van der Waals surface area contributed by atoms with Gasteiger partial charge in [0.15, 0.2) is 0 Å². The monoisotopic (exact) mass is 530 g/mol. The summed E-state index contributed by atoms with van der Waals surface area (Å²) in [5, 5.41) is 17.7. The smallest absolute Gasteiger partial charge is 0.418 e. The average molecular weight is 531 g/mol. The van der Waals surface area contributed by atoms with Gasteiger partial charge in [-0.05, 0) is 57.0 Å². The van der Waals surface area contributed by atoms with Crippen molar-refractivity contribution >= 4 is 11.4 Å². The Morgan fingerprint density at radius 1 is 1.11 bits per heavy atom. The Bertz CT molecular complexity index is 1430. The van der Waals surface area contributed by atoms with Gasteiger partial charge in [-0.15, -0.1) is 0 Å². The van der Waals surface area contributed by atoms with Gasteiger partial charge < -0.3 is 24.8 Å². The molecule has 5 rings (SSSR count). The van der Waals surface area contributed by atoms with Crippen molar-refractivity contribution < 1.29 is 27.8 Å². The molecule has 0 saturated carbocycles. The van der Waals surface area contributed by atoms with E-state index in [1.54, 1.807) is 23.1 Å². The van der Waals surface area contributed by atoms with Gasteiger partial charge in [0.2, 0.25) is 0 Å². The fraction of sp³-hybridized carbons (Fsp3) is 0.407. The minimum absolute atomic E-state index is 0.205. The number of nitrogens with zero attached hydrogens (tertiary/aromatic N) is 3. The third-order valence-corrected chi connectivity index (χ3v) is 6.94. The Labute approximate surface area is 217 Å². The lowest BCUT2D eigenvalue weighted by Crippen LogP contribution is -2.31. The van der Waals surface area contributed by atoms with E-state index in [0.29, 0.717) is 59.9 Å². The van der Waals surface area contributed by atoms with Crippen molar-refractivity contribution in [2.45, 2.75) is 44.5 Å². The largest absolute Gasteiger partial charge is 0.497 e. The van der Waals surface area contributed by atoms with Gasteiger partial charge in [-0.3, -0.25) is 4.79 Å². The lowest BCUT2D eigenvalue weighted by atomic mass is 9.97. The van der Waals surface area contributed by atoms with Crippen LogP contribution in [0.5, 0.6) is 11.5 Å². The van der Waals surface area contributed by atoms with E-state index in [-0.39, 0.29) is 11.4 Å². The molecule has 38 heavy (non-hydrogen) atoms. The second kappa shape index (κ2) is 9.23. The number of aliphatic hydroxyl groups excluding tert-OH is 1. The van der Waals surface area contributed by atoms with E-state index in [0.717, 1.165) is 10.7 Å². The van der Waals surface area contributed by atoms with Gasteiger partial charge in [0.25, 0.3) is 5.56 Å². The third kappa shape index (κ3) is 4.66. The van der Waals surface area contributed by atoms with E-state index in [1.807, 2.05) is 13.8 Å². The highest BCUT2D eigenvalue weighted by atomic mass is 19.4. The minimum atomic E-state index is -4.73. The fourth-order valence-corrected chi connectivity index (χ4v) is 5.13. The molecule has 0 aliphatic carbocycles. The summed E-state index contributed by atoms with van der Waals surface area (Å²) in [7, 11) is 3.00. The summed E-state index contributed by atoms with van der Waals surface area (Å²) >= 11 is 0. The molecule has 0 bridgehead atoms. The summed E-state index contributed by atoms with van der Waals surface area (Å²) in [6, 6.07) is 8.73. The van der Waals surface area contributed by atoms with Crippen LogP contribution in [0.15, 0.2) is 41.2 Å². The van der Waals surface area contributed by atoms with E-state index >= 15 is 0 Å². The molecule has 0 radical (unpaired) electrons. The number of alkyl halides is 3. The van der Waals surface area contributed by atoms with E-state index < -0.39 is 28.9 Å². The molecule has 1 atom stereocenters. The first-order valence-corrected chi connectivity index (χ1v) is 12.2. The molecule has 11 heteroatoms. The maximum Gasteiger partial charge on any atom is 0.418 e. The number of aromatic nitrogens is 2. The Balaban J connectivity index is 1.78. The molecule has 2 N–H and O–H groups in total. The number of anilines is 2. The van der Waals surface area contributed by atoms with Crippen LogP contribution in [-0.2, 0) is 12.6 Å². The van der Waals surface area contributed by atoms with Gasteiger partial charge in [-0.1, -0.05) is 0 Å². The van der Waals surface area contributed by atoms with Crippen LogP contribution < -0.4 is 25.2 Å². The molecular weight excluding hydrogens is 501 g/mol. The zero-order valence-corrected chi connectivity index (χ0v) is 21.5. The zero-order chi connectivity index (χ0) is 27.4. The number of hydrogen-bond acceptors (Lipinski definition) is 7. The summed E-state index contributed by atoms with van der Waals surface area (Å²) in [5.41, 5.74) is -0.377. The summed E-state index contributed by atoms with van der Waals surface area (Å²) in [6.45, 7) is 4.60. The number of methoxy groups -OCH3 is 2. The molecule has 2 aliphatic rings. The number of halogens is 3. The van der Waals surface area contributed by atoms with Crippen LogP contribution in [0, 0.1) is 0 Å². The molecule has 1 saturated heterocycles. The minimum Gasteiger partial charge on any atom is -0.497 e. The lowest BCUT2D eigenvalue weighted by Gasteiger charge is -2.22. The number of aliphatic hydroxyl groups is 1. The summed E-state index contributed by atoms with van der Waals surface area (Å²) in [6.07, 6.45) is -4.35. The number of nitrogens with one attached hydrogen (secondary N) is 1. The summed E-state index contributed by atoms with van der Waals surface area (Å²) in [5.74, 6) is 0.951. The van der Waals surface area contributed by atoms with Crippen LogP contribution >= 0.6 is 0 Å². The molecule has 202 valence electrons. The number of benzene rings is 2. The Morgan fingerprint density at radius 3 is 2.37 bits per heavy atom. The SMILES string of the molecule is COc1cc(OC)cc(-c2nn(-c3cc(N4CC[C@H](O)C4)ccc3C(F)(F)F)c(=O)c3c2CC(C)(C)N3)c1. The first kappa shape index (κ1) is 25.9. The van der Waals surface area contributed by atoms with Gasteiger partial charge >= 0.3 is 6.18 Å². The predicted octanol–water partition coefficient (Wildman–Crippen LogP) is 4.25. The highest BCUT2D eigenvalue weighted by Crippen LogP contribution is 2.40. The molecule has 0 amide bonds. The second-order valence-electron chi connectivity index (χ2n) is 10.3. The highest BCUT2D eigenvalue weighted by molar-refractivity contribution is 5.75. The number of ether oxygens (including phenoxy) is 2. The van der Waals surface area contributed by atoms with Gasteiger partial charge in [-0.2, -0.15) is 23.0 Å². The lowest BCUT2D eigenvalue weighted by molar-refractivity contribution is -0.137. The van der Waals surface area contributed by atoms with Crippen LogP contribution in [0.25, 0.3) is 16.9 Å². The van der Waals surface area contributed by atoms with Gasteiger partial charge in [-0.25, -0.2) is 0 Å². The first-order chi connectivity index (χ1) is 17.9. The number of fused-ring (bicyclic) bond motifs is 1. The van der Waals surface area contributed by atoms with Crippen LogP contribution in [-0.4, -0.2) is 53.8 Å². The number of hydrogen-bond donors (Lipinski definition) is 2. The average Bonchev–Trinajstić information content (AvgIpc) is 3.45. The van der Waals surface area contributed by atoms with Crippen molar-refractivity contribution in [3.8, 4) is 28.4 Å². The Morgan fingerprint density at radius 2 is 1.79 bits per heavy atom. The third-order valence-electron chi connectivity index (χ3n) is 6.94. The molecule has 2 aliphatic heterocycles. The predicted molar refractivity (Wildman–Crippen MR) is 138 cm³/mol. The van der Waals surface area contributed by atoms with E-state index in [4.69, 9.17) is 9.47 Å². The maximum absolute atomic E-state index is 14.2. The summed E-state index contributed by atoms with van der Waals surface area (Å²) < 4.78 is 54.2. The highest BCUT2D eigenvalue weighted by Gasteiger charge is 2.38. The molecule has 1 aromatic heterocycles. The van der Waals surface area contributed by atoms with E-state index in [1.165, 1.54) is 26.4 Å². The van der Waals surface area contributed by atoms with E-state index in [2.05, 4.69) is 10.4 Å². The van der Waals surface area contributed by atoms with Crippen molar-refractivity contribution in [2.75, 3.05) is 37.5 Å². The maximum atomic E-state index is 14.2. The van der Waals surface area contributed by atoms with Gasteiger partial charge in [0, 0.05) is 41.5 Å². The Hall–Kier alpha value is -3.73. The van der Waals surface area contributed by atoms with Crippen LogP contribution in [0.2, 0.25) is 0 Å². The Kier molecular flexibility index (Phi) is 6.29. The van der Waals surface area contributed by atoms with Crippen molar-refractivity contribution in [1.82, 2.24) is 9.78 Å². The zero-order valence-electron chi connectivity index (χ0n) is 21.5. The van der Waals surface area contributed by atoms with Crippen LogP contribution in [0.1, 0.15) is 31.4 Å². The molecule has 3 heterocycles. The molecule has 3 aromatic rings. The molecule has 8 nitrogen and oxygen atoms in total. The molecule has 0 unspecified atom stereocenters. The van der Waals surface area contributed by atoms with Crippen molar-refractivity contribution in [1.29, 1.82) is 0 Å².